The zero-order valence-electron chi connectivity index (χ0n) is 9.19. The van der Waals surface area contributed by atoms with Crippen LogP contribution in [0, 0.1) is 0 Å². The first-order valence-electron chi connectivity index (χ1n) is 5.47. The molecule has 0 spiro atoms. The van der Waals surface area contributed by atoms with Crippen molar-refractivity contribution in [3.8, 4) is 0 Å². The van der Waals surface area contributed by atoms with Crippen LogP contribution in [-0.4, -0.2) is 6.54 Å². The number of rotatable bonds is 3. The summed E-state index contributed by atoms with van der Waals surface area (Å²) in [4.78, 5) is 0. The molecule has 0 bridgehead atoms. The lowest BCUT2D eigenvalue weighted by Crippen LogP contribution is -1.95. The standard InChI is InChI=1S/C14H16N2/c15-10-2-1-5-11-6-3-8-13-12(11)7-4-9-14(13)16/h1,3-9H,2,10,15-16H2. The van der Waals surface area contributed by atoms with Gasteiger partial charge in [0, 0.05) is 11.1 Å². The normalized spacial score (nSPS) is 11.3. The summed E-state index contributed by atoms with van der Waals surface area (Å²) < 4.78 is 0. The zero-order chi connectivity index (χ0) is 11.4. The van der Waals surface area contributed by atoms with Crippen LogP contribution in [0.25, 0.3) is 16.8 Å². The minimum Gasteiger partial charge on any atom is -0.398 e. The molecule has 0 aliphatic heterocycles. The molecule has 0 aliphatic rings. The number of hydrogen-bond donors (Lipinski definition) is 2. The molecule has 0 unspecified atom stereocenters. The average Bonchev–Trinajstić information content (AvgIpc) is 2.31. The molecule has 4 N–H and O–H groups in total. The van der Waals surface area contributed by atoms with Crippen LogP contribution in [0.1, 0.15) is 12.0 Å². The zero-order valence-corrected chi connectivity index (χ0v) is 9.19. The van der Waals surface area contributed by atoms with Gasteiger partial charge in [-0.05, 0) is 30.0 Å². The molecule has 0 fully saturated rings. The first-order chi connectivity index (χ1) is 7.83. The van der Waals surface area contributed by atoms with Gasteiger partial charge in [-0.3, -0.25) is 0 Å². The molecular formula is C14H16N2. The molecule has 16 heavy (non-hydrogen) atoms. The minimum absolute atomic E-state index is 0.684. The third-order valence-electron chi connectivity index (χ3n) is 2.62. The van der Waals surface area contributed by atoms with Gasteiger partial charge < -0.3 is 11.5 Å². The number of nitrogens with two attached hydrogens (primary N) is 2. The highest BCUT2D eigenvalue weighted by molar-refractivity contribution is 5.97. The molecule has 0 saturated carbocycles. The van der Waals surface area contributed by atoms with Crippen molar-refractivity contribution in [2.75, 3.05) is 12.3 Å². The Morgan fingerprint density at radius 1 is 1.00 bits per heavy atom. The highest BCUT2D eigenvalue weighted by atomic mass is 14.5. The van der Waals surface area contributed by atoms with E-state index in [9.17, 15) is 0 Å². The van der Waals surface area contributed by atoms with Gasteiger partial charge in [0.05, 0.1) is 0 Å². The van der Waals surface area contributed by atoms with Crippen molar-refractivity contribution in [3.63, 3.8) is 0 Å². The van der Waals surface area contributed by atoms with Crippen LogP contribution in [0.2, 0.25) is 0 Å². The summed E-state index contributed by atoms with van der Waals surface area (Å²) in [6.07, 6.45) is 5.10. The Labute approximate surface area is 95.6 Å². The Hall–Kier alpha value is -1.80. The maximum absolute atomic E-state index is 5.94. The highest BCUT2D eigenvalue weighted by Gasteiger charge is 1.99. The van der Waals surface area contributed by atoms with Crippen molar-refractivity contribution in [1.82, 2.24) is 0 Å². The summed E-state index contributed by atoms with van der Waals surface area (Å²) in [5.74, 6) is 0. The SMILES string of the molecule is NCCC=Cc1cccc2c(N)cccc12. The van der Waals surface area contributed by atoms with Gasteiger partial charge >= 0.3 is 0 Å². The van der Waals surface area contributed by atoms with E-state index in [-0.39, 0.29) is 0 Å². The Kier molecular flexibility index (Phi) is 3.22. The first-order valence-corrected chi connectivity index (χ1v) is 5.47. The second kappa shape index (κ2) is 4.81. The summed E-state index contributed by atoms with van der Waals surface area (Å²) in [5.41, 5.74) is 13.4. The molecule has 2 aromatic rings. The molecule has 2 rings (SSSR count). The van der Waals surface area contributed by atoms with Gasteiger partial charge in [0.2, 0.25) is 0 Å². The van der Waals surface area contributed by atoms with Crippen molar-refractivity contribution >= 4 is 22.5 Å². The number of fused-ring (bicyclic) bond motifs is 1. The van der Waals surface area contributed by atoms with E-state index in [0.717, 1.165) is 17.5 Å². The van der Waals surface area contributed by atoms with E-state index < -0.39 is 0 Å². The molecule has 2 aromatic carbocycles. The summed E-state index contributed by atoms with van der Waals surface area (Å²) >= 11 is 0. The fraction of sp³-hybridized carbons (Fsp3) is 0.143. The second-order valence-corrected chi connectivity index (χ2v) is 3.77. The molecule has 0 saturated heterocycles. The Balaban J connectivity index is 2.50. The van der Waals surface area contributed by atoms with E-state index in [1.165, 1.54) is 10.9 Å². The smallest absolute Gasteiger partial charge is 0.0393 e. The van der Waals surface area contributed by atoms with Gasteiger partial charge in [-0.1, -0.05) is 42.5 Å². The molecule has 82 valence electrons. The number of hydrogen-bond acceptors (Lipinski definition) is 2. The first kappa shape index (κ1) is 10.7. The van der Waals surface area contributed by atoms with Gasteiger partial charge in [-0.15, -0.1) is 0 Å². The molecule has 0 heterocycles. The fourth-order valence-electron chi connectivity index (χ4n) is 1.81. The fourth-order valence-corrected chi connectivity index (χ4v) is 1.81. The van der Waals surface area contributed by atoms with Gasteiger partial charge in [-0.2, -0.15) is 0 Å². The summed E-state index contributed by atoms with van der Waals surface area (Å²) in [6.45, 7) is 0.684. The third-order valence-corrected chi connectivity index (χ3v) is 2.62. The lowest BCUT2D eigenvalue weighted by Gasteiger charge is -2.04. The van der Waals surface area contributed by atoms with Crippen LogP contribution >= 0.6 is 0 Å². The van der Waals surface area contributed by atoms with Crippen molar-refractivity contribution in [3.05, 3.63) is 48.0 Å². The third kappa shape index (κ3) is 2.07. The Morgan fingerprint density at radius 3 is 2.56 bits per heavy atom. The van der Waals surface area contributed by atoms with Gasteiger partial charge in [-0.25, -0.2) is 0 Å². The molecule has 0 atom stereocenters. The number of benzene rings is 2. The second-order valence-electron chi connectivity index (χ2n) is 3.77. The van der Waals surface area contributed by atoms with Crippen LogP contribution in [0.3, 0.4) is 0 Å². The lowest BCUT2D eigenvalue weighted by atomic mass is 10.0. The van der Waals surface area contributed by atoms with Gasteiger partial charge in [0.1, 0.15) is 0 Å². The molecular weight excluding hydrogens is 196 g/mol. The Bertz CT molecular complexity index is 515. The van der Waals surface area contributed by atoms with E-state index in [1.54, 1.807) is 0 Å². The average molecular weight is 212 g/mol. The molecule has 0 radical (unpaired) electrons. The maximum Gasteiger partial charge on any atom is 0.0393 e. The Morgan fingerprint density at radius 2 is 1.75 bits per heavy atom. The molecule has 2 heteroatoms. The van der Waals surface area contributed by atoms with Gasteiger partial charge in [0.15, 0.2) is 0 Å². The number of nitrogen functional groups attached to an aromatic ring is 1. The maximum atomic E-state index is 5.94. The quantitative estimate of drug-likeness (QED) is 0.769. The van der Waals surface area contributed by atoms with Crippen molar-refractivity contribution < 1.29 is 0 Å². The van der Waals surface area contributed by atoms with Crippen LogP contribution < -0.4 is 11.5 Å². The predicted octanol–water partition coefficient (Wildman–Crippen LogP) is 2.78. The number of anilines is 1. The van der Waals surface area contributed by atoms with Crippen LogP contribution in [0.4, 0.5) is 5.69 Å². The van der Waals surface area contributed by atoms with Crippen molar-refractivity contribution in [2.24, 2.45) is 5.73 Å². The van der Waals surface area contributed by atoms with E-state index >= 15 is 0 Å². The van der Waals surface area contributed by atoms with E-state index in [4.69, 9.17) is 11.5 Å². The van der Waals surface area contributed by atoms with Crippen LogP contribution in [0.15, 0.2) is 42.5 Å². The topological polar surface area (TPSA) is 52.0 Å². The van der Waals surface area contributed by atoms with Gasteiger partial charge in [0.25, 0.3) is 0 Å². The van der Waals surface area contributed by atoms with E-state index in [1.807, 2.05) is 24.3 Å². The summed E-state index contributed by atoms with van der Waals surface area (Å²) in [7, 11) is 0. The lowest BCUT2D eigenvalue weighted by molar-refractivity contribution is 1.01. The summed E-state index contributed by atoms with van der Waals surface area (Å²) in [5, 5.41) is 2.30. The highest BCUT2D eigenvalue weighted by Crippen LogP contribution is 2.24. The molecule has 0 aliphatic carbocycles. The van der Waals surface area contributed by atoms with Crippen LogP contribution in [0.5, 0.6) is 0 Å². The molecule has 2 nitrogen and oxygen atoms in total. The largest absolute Gasteiger partial charge is 0.398 e. The monoisotopic (exact) mass is 212 g/mol. The molecule has 0 amide bonds. The van der Waals surface area contributed by atoms with Crippen LogP contribution in [-0.2, 0) is 0 Å². The van der Waals surface area contributed by atoms with Crippen molar-refractivity contribution in [1.29, 1.82) is 0 Å². The van der Waals surface area contributed by atoms with E-state index in [2.05, 4.69) is 24.3 Å². The minimum atomic E-state index is 0.684. The van der Waals surface area contributed by atoms with Crippen molar-refractivity contribution in [2.45, 2.75) is 6.42 Å². The van der Waals surface area contributed by atoms with E-state index in [0.29, 0.717) is 6.54 Å². The summed E-state index contributed by atoms with van der Waals surface area (Å²) in [6, 6.07) is 12.2. The predicted molar refractivity (Wildman–Crippen MR) is 71.1 cm³/mol. The molecule has 0 aromatic heterocycles.